The molecule has 1 aromatic carbocycles. The van der Waals surface area contributed by atoms with Crippen molar-refractivity contribution in [3.63, 3.8) is 0 Å². The van der Waals surface area contributed by atoms with Crippen LogP contribution in [-0.2, 0) is 4.79 Å². The molecule has 0 bridgehead atoms. The SMILES string of the molecule is O=C([O-])/C=C/c1cnc2ccccc2c1. The Balaban J connectivity index is 2.43. The molecule has 0 aliphatic carbocycles. The van der Waals surface area contributed by atoms with E-state index in [4.69, 9.17) is 0 Å². The first kappa shape index (κ1) is 9.40. The fourth-order valence-electron chi connectivity index (χ4n) is 1.34. The fourth-order valence-corrected chi connectivity index (χ4v) is 1.34. The van der Waals surface area contributed by atoms with Crippen LogP contribution in [0.1, 0.15) is 5.56 Å². The van der Waals surface area contributed by atoms with Crippen LogP contribution in [0.25, 0.3) is 17.0 Å². The molecular weight excluding hydrogens is 190 g/mol. The van der Waals surface area contributed by atoms with Crippen molar-refractivity contribution in [1.29, 1.82) is 0 Å². The van der Waals surface area contributed by atoms with E-state index in [9.17, 15) is 9.90 Å². The zero-order valence-electron chi connectivity index (χ0n) is 7.88. The minimum atomic E-state index is -1.21. The lowest BCUT2D eigenvalue weighted by Crippen LogP contribution is -2.18. The Morgan fingerprint density at radius 1 is 1.33 bits per heavy atom. The summed E-state index contributed by atoms with van der Waals surface area (Å²) in [5, 5.41) is 11.2. The number of hydrogen-bond acceptors (Lipinski definition) is 3. The van der Waals surface area contributed by atoms with E-state index in [1.807, 2.05) is 30.3 Å². The van der Waals surface area contributed by atoms with Crippen LogP contribution in [-0.4, -0.2) is 11.0 Å². The van der Waals surface area contributed by atoms with Gasteiger partial charge in [-0.1, -0.05) is 24.3 Å². The van der Waals surface area contributed by atoms with Gasteiger partial charge in [0.1, 0.15) is 0 Å². The molecule has 0 atom stereocenters. The Labute approximate surface area is 86.7 Å². The maximum Gasteiger partial charge on any atom is 0.0702 e. The Morgan fingerprint density at radius 3 is 2.93 bits per heavy atom. The van der Waals surface area contributed by atoms with E-state index in [0.717, 1.165) is 22.5 Å². The second kappa shape index (κ2) is 3.92. The number of fused-ring (bicyclic) bond motifs is 1. The summed E-state index contributed by atoms with van der Waals surface area (Å²) in [6, 6.07) is 9.53. The Bertz CT molecular complexity index is 532. The molecule has 2 aromatic rings. The van der Waals surface area contributed by atoms with Gasteiger partial charge in [-0.2, -0.15) is 0 Å². The molecule has 0 fully saturated rings. The van der Waals surface area contributed by atoms with Gasteiger partial charge < -0.3 is 9.90 Å². The lowest BCUT2D eigenvalue weighted by atomic mass is 10.1. The number of para-hydroxylation sites is 1. The molecule has 0 spiro atoms. The van der Waals surface area contributed by atoms with Crippen LogP contribution in [0.3, 0.4) is 0 Å². The average molecular weight is 198 g/mol. The van der Waals surface area contributed by atoms with Gasteiger partial charge >= 0.3 is 0 Å². The largest absolute Gasteiger partial charge is 0.545 e. The molecule has 0 saturated heterocycles. The summed E-state index contributed by atoms with van der Waals surface area (Å²) < 4.78 is 0. The van der Waals surface area contributed by atoms with Crippen LogP contribution in [0.2, 0.25) is 0 Å². The topological polar surface area (TPSA) is 53.0 Å². The highest BCUT2D eigenvalue weighted by atomic mass is 16.4. The molecule has 74 valence electrons. The molecule has 0 aliphatic rings. The van der Waals surface area contributed by atoms with E-state index < -0.39 is 5.97 Å². The fraction of sp³-hybridized carbons (Fsp3) is 0. The minimum absolute atomic E-state index is 0.748. The molecule has 0 saturated carbocycles. The highest BCUT2D eigenvalue weighted by Crippen LogP contribution is 2.13. The van der Waals surface area contributed by atoms with Crippen molar-refractivity contribution in [3.8, 4) is 0 Å². The van der Waals surface area contributed by atoms with Crippen LogP contribution in [0.4, 0.5) is 0 Å². The summed E-state index contributed by atoms with van der Waals surface area (Å²) in [6.07, 6.45) is 4.09. The molecule has 3 heteroatoms. The van der Waals surface area contributed by atoms with Crippen molar-refractivity contribution in [2.24, 2.45) is 0 Å². The number of carbonyl (C=O) groups is 1. The zero-order valence-corrected chi connectivity index (χ0v) is 7.88. The Hall–Kier alpha value is -2.16. The van der Waals surface area contributed by atoms with Gasteiger partial charge in [-0.05, 0) is 23.8 Å². The van der Waals surface area contributed by atoms with E-state index in [1.165, 1.54) is 6.08 Å². The van der Waals surface area contributed by atoms with Crippen LogP contribution >= 0.6 is 0 Å². The van der Waals surface area contributed by atoms with E-state index in [1.54, 1.807) is 6.20 Å². The third-order valence-electron chi connectivity index (χ3n) is 2.02. The van der Waals surface area contributed by atoms with Crippen molar-refractivity contribution >= 4 is 22.9 Å². The number of carboxylic acids is 1. The molecule has 0 unspecified atom stereocenters. The number of aromatic nitrogens is 1. The predicted molar refractivity (Wildman–Crippen MR) is 55.8 cm³/mol. The molecule has 15 heavy (non-hydrogen) atoms. The minimum Gasteiger partial charge on any atom is -0.545 e. The summed E-state index contributed by atoms with van der Waals surface area (Å²) >= 11 is 0. The number of carbonyl (C=O) groups excluding carboxylic acids is 1. The van der Waals surface area contributed by atoms with E-state index in [-0.39, 0.29) is 0 Å². The second-order valence-corrected chi connectivity index (χ2v) is 3.11. The molecule has 3 nitrogen and oxygen atoms in total. The monoisotopic (exact) mass is 198 g/mol. The Morgan fingerprint density at radius 2 is 2.13 bits per heavy atom. The van der Waals surface area contributed by atoms with Gasteiger partial charge in [-0.15, -0.1) is 0 Å². The quantitative estimate of drug-likeness (QED) is 0.676. The van der Waals surface area contributed by atoms with Crippen LogP contribution in [0.5, 0.6) is 0 Å². The lowest BCUT2D eigenvalue weighted by molar-refractivity contribution is -0.297. The van der Waals surface area contributed by atoms with Gasteiger partial charge in [0, 0.05) is 11.6 Å². The van der Waals surface area contributed by atoms with E-state index >= 15 is 0 Å². The standard InChI is InChI=1S/C12H9NO2/c14-12(15)6-5-9-7-10-3-1-2-4-11(10)13-8-9/h1-8H,(H,14,15)/p-1/b6-5+. The number of hydrogen-bond donors (Lipinski definition) is 0. The number of carboxylic acid groups (broad SMARTS) is 1. The number of pyridine rings is 1. The Kier molecular flexibility index (Phi) is 2.46. The molecule has 0 N–H and O–H groups in total. The van der Waals surface area contributed by atoms with Gasteiger partial charge in [0.25, 0.3) is 0 Å². The normalized spacial score (nSPS) is 10.9. The van der Waals surface area contributed by atoms with Gasteiger partial charge in [0.2, 0.25) is 0 Å². The summed E-state index contributed by atoms with van der Waals surface area (Å²) in [5.41, 5.74) is 1.64. The first-order valence-electron chi connectivity index (χ1n) is 4.49. The highest BCUT2D eigenvalue weighted by Gasteiger charge is 1.93. The summed E-state index contributed by atoms with van der Waals surface area (Å²) in [7, 11) is 0. The van der Waals surface area contributed by atoms with Crippen molar-refractivity contribution in [2.45, 2.75) is 0 Å². The summed E-state index contributed by atoms with van der Waals surface area (Å²) in [5.74, 6) is -1.21. The number of rotatable bonds is 2. The van der Waals surface area contributed by atoms with Gasteiger partial charge in [0.05, 0.1) is 11.5 Å². The molecular formula is C12H8NO2-. The van der Waals surface area contributed by atoms with Gasteiger partial charge in [-0.25, -0.2) is 0 Å². The first-order valence-corrected chi connectivity index (χ1v) is 4.49. The van der Waals surface area contributed by atoms with Crippen molar-refractivity contribution in [1.82, 2.24) is 4.98 Å². The van der Waals surface area contributed by atoms with E-state index in [0.29, 0.717) is 0 Å². The third-order valence-corrected chi connectivity index (χ3v) is 2.02. The highest BCUT2D eigenvalue weighted by molar-refractivity contribution is 5.85. The second-order valence-electron chi connectivity index (χ2n) is 3.11. The summed E-state index contributed by atoms with van der Waals surface area (Å²) in [4.78, 5) is 14.4. The van der Waals surface area contributed by atoms with Crippen LogP contribution < -0.4 is 5.11 Å². The first-order chi connectivity index (χ1) is 7.25. The van der Waals surface area contributed by atoms with E-state index in [2.05, 4.69) is 4.98 Å². The molecule has 0 aliphatic heterocycles. The summed E-state index contributed by atoms with van der Waals surface area (Å²) in [6.45, 7) is 0. The molecule has 1 aromatic heterocycles. The van der Waals surface area contributed by atoms with Gasteiger partial charge in [0.15, 0.2) is 0 Å². The average Bonchev–Trinajstić information content (AvgIpc) is 2.26. The van der Waals surface area contributed by atoms with Crippen molar-refractivity contribution in [2.75, 3.05) is 0 Å². The smallest absolute Gasteiger partial charge is 0.0702 e. The van der Waals surface area contributed by atoms with Crippen molar-refractivity contribution in [3.05, 3.63) is 48.2 Å². The van der Waals surface area contributed by atoms with Crippen LogP contribution in [0.15, 0.2) is 42.6 Å². The molecule has 1 heterocycles. The maximum absolute atomic E-state index is 10.2. The zero-order chi connectivity index (χ0) is 10.7. The van der Waals surface area contributed by atoms with Crippen LogP contribution in [0, 0.1) is 0 Å². The molecule has 2 rings (SSSR count). The predicted octanol–water partition coefficient (Wildman–Crippen LogP) is 0.998. The lowest BCUT2D eigenvalue weighted by Gasteiger charge is -1.98. The maximum atomic E-state index is 10.2. The third kappa shape index (κ3) is 2.20. The number of aliphatic carboxylic acids is 1. The van der Waals surface area contributed by atoms with Gasteiger partial charge in [-0.3, -0.25) is 4.98 Å². The molecule has 0 amide bonds. The number of benzene rings is 1. The number of nitrogens with zero attached hydrogens (tertiary/aromatic N) is 1. The van der Waals surface area contributed by atoms with Crippen molar-refractivity contribution < 1.29 is 9.90 Å². The molecule has 0 radical (unpaired) electrons.